The third-order valence-electron chi connectivity index (χ3n) is 8.11. The van der Waals surface area contributed by atoms with Gasteiger partial charge in [-0.1, -0.05) is 75.4 Å². The molecule has 0 amide bonds. The Morgan fingerprint density at radius 3 is 2.34 bits per heavy atom. The first-order valence-corrected chi connectivity index (χ1v) is 16.6. The fraction of sp³-hybridized carbons (Fsp3) is 0.282. The van der Waals surface area contributed by atoms with Crippen molar-refractivity contribution in [3.05, 3.63) is 114 Å². The maximum absolute atomic E-state index is 12.4. The van der Waals surface area contributed by atoms with Gasteiger partial charge in [0.25, 0.3) is 0 Å². The summed E-state index contributed by atoms with van der Waals surface area (Å²) in [4.78, 5) is 27.6. The molecule has 1 N–H and O–H groups in total. The number of nitrogens with zero attached hydrogens (tertiary/aromatic N) is 4. The van der Waals surface area contributed by atoms with E-state index in [-0.39, 0.29) is 4.75 Å². The molecule has 0 fully saturated rings. The van der Waals surface area contributed by atoms with Crippen molar-refractivity contribution in [1.82, 2.24) is 19.5 Å². The molecular weight excluding hydrogens is 605 g/mol. The Morgan fingerprint density at radius 1 is 0.894 bits per heavy atom. The maximum Gasteiger partial charge on any atom is 0.309 e. The summed E-state index contributed by atoms with van der Waals surface area (Å²) in [5, 5.41) is 12.2. The Labute approximate surface area is 280 Å². The number of ether oxygens (including phenoxy) is 1. The highest BCUT2D eigenvalue weighted by Gasteiger charge is 2.33. The number of pyridine rings is 3. The van der Waals surface area contributed by atoms with Gasteiger partial charge in [0.1, 0.15) is 18.0 Å². The minimum Gasteiger partial charge on any atom is -0.486 e. The molecule has 2 aromatic carbocycles. The molecule has 6 rings (SSSR count). The van der Waals surface area contributed by atoms with Crippen LogP contribution in [0.2, 0.25) is 0 Å². The van der Waals surface area contributed by atoms with E-state index in [1.54, 1.807) is 31.8 Å². The number of hydrogen-bond acceptors (Lipinski definition) is 6. The molecule has 0 aliphatic carbocycles. The molecule has 47 heavy (non-hydrogen) atoms. The van der Waals surface area contributed by atoms with E-state index in [2.05, 4.69) is 66.7 Å². The highest BCUT2D eigenvalue weighted by molar-refractivity contribution is 8.00. The van der Waals surface area contributed by atoms with E-state index in [4.69, 9.17) is 14.7 Å². The van der Waals surface area contributed by atoms with Gasteiger partial charge in [0.15, 0.2) is 0 Å². The van der Waals surface area contributed by atoms with Crippen LogP contribution in [0.25, 0.3) is 33.1 Å². The number of aliphatic carboxylic acids is 1. The molecule has 8 heteroatoms. The maximum atomic E-state index is 12.4. The van der Waals surface area contributed by atoms with Gasteiger partial charge < -0.3 is 14.4 Å². The predicted octanol–water partition coefficient (Wildman–Crippen LogP) is 9.13. The lowest BCUT2D eigenvalue weighted by molar-refractivity contribution is -0.146. The van der Waals surface area contributed by atoms with Gasteiger partial charge in [-0.05, 0) is 56.2 Å². The van der Waals surface area contributed by atoms with Crippen LogP contribution in [-0.4, -0.2) is 35.3 Å². The number of aryl methyl sites for hydroxylation is 1. The van der Waals surface area contributed by atoms with Gasteiger partial charge in [-0.3, -0.25) is 9.78 Å². The second-order valence-corrected chi connectivity index (χ2v) is 15.5. The zero-order valence-corrected chi connectivity index (χ0v) is 28.6. The molecule has 0 unspecified atom stereocenters. The molecule has 0 spiro atoms. The molecule has 0 aliphatic rings. The quantitative estimate of drug-likeness (QED) is 0.149. The number of fused-ring (bicyclic) bond motifs is 2. The molecule has 0 atom stereocenters. The van der Waals surface area contributed by atoms with Crippen LogP contribution in [0.4, 0.5) is 0 Å². The third-order valence-corrected chi connectivity index (χ3v) is 9.38. The van der Waals surface area contributed by atoms with E-state index in [0.717, 1.165) is 60.6 Å². The van der Waals surface area contributed by atoms with Crippen LogP contribution in [-0.2, 0) is 24.4 Å². The van der Waals surface area contributed by atoms with Crippen molar-refractivity contribution in [2.75, 3.05) is 0 Å². The monoisotopic (exact) mass is 644 g/mol. The van der Waals surface area contributed by atoms with Gasteiger partial charge in [-0.2, -0.15) is 0 Å². The first-order valence-electron chi connectivity index (χ1n) is 15.8. The number of benzene rings is 2. The van der Waals surface area contributed by atoms with Crippen LogP contribution >= 0.6 is 11.8 Å². The lowest BCUT2D eigenvalue weighted by Crippen LogP contribution is -2.28. The van der Waals surface area contributed by atoms with Crippen molar-refractivity contribution in [2.45, 2.75) is 70.8 Å². The summed E-state index contributed by atoms with van der Waals surface area (Å²) >= 11 is 1.74. The summed E-state index contributed by atoms with van der Waals surface area (Å²) in [6, 6.07) is 26.7. The summed E-state index contributed by atoms with van der Waals surface area (Å²) < 4.78 is 8.32. The molecular formula is C39H40N4O3S. The van der Waals surface area contributed by atoms with Crippen molar-refractivity contribution in [2.24, 2.45) is 5.41 Å². The van der Waals surface area contributed by atoms with E-state index in [1.807, 2.05) is 55.6 Å². The molecule has 7 nitrogen and oxygen atoms in total. The van der Waals surface area contributed by atoms with Crippen molar-refractivity contribution in [3.63, 3.8) is 0 Å². The zero-order valence-electron chi connectivity index (χ0n) is 27.7. The number of para-hydroxylation sites is 1. The molecule has 6 aromatic rings. The summed E-state index contributed by atoms with van der Waals surface area (Å²) in [6.45, 7) is 12.9. The Balaban J connectivity index is 1.40. The van der Waals surface area contributed by atoms with Crippen LogP contribution in [0.3, 0.4) is 0 Å². The van der Waals surface area contributed by atoms with E-state index in [9.17, 15) is 9.90 Å². The normalized spacial score (nSPS) is 12.1. The molecule has 0 aliphatic heterocycles. The lowest BCUT2D eigenvalue weighted by atomic mass is 9.88. The van der Waals surface area contributed by atoms with Crippen LogP contribution in [0.1, 0.15) is 57.3 Å². The molecule has 4 heterocycles. The number of carboxylic acids is 1. The summed E-state index contributed by atoms with van der Waals surface area (Å²) in [6.07, 6.45) is 4.00. The smallest absolute Gasteiger partial charge is 0.309 e. The van der Waals surface area contributed by atoms with E-state index in [0.29, 0.717) is 25.3 Å². The average molecular weight is 645 g/mol. The Morgan fingerprint density at radius 2 is 1.64 bits per heavy atom. The van der Waals surface area contributed by atoms with Gasteiger partial charge in [-0.15, -0.1) is 11.8 Å². The van der Waals surface area contributed by atoms with Gasteiger partial charge in [0.2, 0.25) is 0 Å². The Hall–Kier alpha value is -4.69. The Kier molecular flexibility index (Phi) is 8.81. The van der Waals surface area contributed by atoms with Gasteiger partial charge in [0, 0.05) is 56.5 Å². The highest BCUT2D eigenvalue weighted by atomic mass is 32.2. The topological polar surface area (TPSA) is 90.1 Å². The number of thioether (sulfide) groups is 1. The van der Waals surface area contributed by atoms with Crippen molar-refractivity contribution in [1.29, 1.82) is 0 Å². The van der Waals surface area contributed by atoms with Crippen molar-refractivity contribution < 1.29 is 14.6 Å². The largest absolute Gasteiger partial charge is 0.486 e. The minimum absolute atomic E-state index is 0.128. The number of aromatic nitrogens is 4. The van der Waals surface area contributed by atoms with Crippen molar-refractivity contribution >= 4 is 39.7 Å². The standard InChI is InChI=1S/C39H40N4O3S/c1-25-11-14-29(21-40-25)27-15-12-26(13-16-27)23-43-34(20-39(5,6)37(44)45)35(47-38(2,3)4)32-19-31(22-41-36(32)43)46-24-30-18-17-28-9-7-8-10-33(28)42-30/h7-19,21-22H,20,23-24H2,1-6H3,(H,44,45). The molecule has 240 valence electrons. The van der Waals surface area contributed by atoms with E-state index >= 15 is 0 Å². The first-order chi connectivity index (χ1) is 22.4. The number of carbonyl (C=O) groups is 1. The second-order valence-electron chi connectivity index (χ2n) is 13.7. The van der Waals surface area contributed by atoms with Crippen LogP contribution in [0.15, 0.2) is 96.2 Å². The van der Waals surface area contributed by atoms with Crippen LogP contribution in [0, 0.1) is 12.3 Å². The molecule has 0 radical (unpaired) electrons. The summed E-state index contributed by atoms with van der Waals surface area (Å²) in [5.74, 6) is -0.197. The van der Waals surface area contributed by atoms with E-state index in [1.165, 1.54) is 0 Å². The molecule has 0 saturated heterocycles. The molecule has 0 saturated carbocycles. The molecule has 0 bridgehead atoms. The number of rotatable bonds is 10. The van der Waals surface area contributed by atoms with E-state index < -0.39 is 11.4 Å². The van der Waals surface area contributed by atoms with Crippen LogP contribution in [0.5, 0.6) is 5.75 Å². The van der Waals surface area contributed by atoms with Crippen molar-refractivity contribution in [3.8, 4) is 16.9 Å². The Bertz CT molecular complexity index is 2060. The minimum atomic E-state index is -0.983. The average Bonchev–Trinajstić information content (AvgIpc) is 3.29. The van der Waals surface area contributed by atoms with Gasteiger partial charge in [0.05, 0.1) is 22.8 Å². The first kappa shape index (κ1) is 32.3. The van der Waals surface area contributed by atoms with Gasteiger partial charge in [-0.25, -0.2) is 9.97 Å². The molecule has 4 aromatic heterocycles. The highest BCUT2D eigenvalue weighted by Crippen LogP contribution is 2.43. The number of carboxylic acid groups (broad SMARTS) is 1. The SMILES string of the molecule is Cc1ccc(-c2ccc(Cn3c(CC(C)(C)C(=O)O)c(SC(C)(C)C)c4cc(OCc5ccc6ccccc6n5)cnc43)cc2)cn1. The summed E-state index contributed by atoms with van der Waals surface area (Å²) in [5.41, 5.74) is 6.77. The van der Waals surface area contributed by atoms with Crippen LogP contribution < -0.4 is 4.74 Å². The lowest BCUT2D eigenvalue weighted by Gasteiger charge is -2.24. The number of hydrogen-bond donors (Lipinski definition) is 1. The van der Waals surface area contributed by atoms with Gasteiger partial charge >= 0.3 is 5.97 Å². The fourth-order valence-corrected chi connectivity index (χ4v) is 6.71. The zero-order chi connectivity index (χ0) is 33.3. The summed E-state index contributed by atoms with van der Waals surface area (Å²) in [7, 11) is 0. The third kappa shape index (κ3) is 7.33. The second kappa shape index (κ2) is 12.8. The predicted molar refractivity (Wildman–Crippen MR) is 190 cm³/mol. The fourth-order valence-electron chi connectivity index (χ4n) is 5.54.